The largest absolute Gasteiger partial charge is 0.489 e. The highest BCUT2D eigenvalue weighted by Crippen LogP contribution is 2.18. The van der Waals surface area contributed by atoms with Crippen molar-refractivity contribution in [2.24, 2.45) is 0 Å². The van der Waals surface area contributed by atoms with E-state index in [-0.39, 0.29) is 0 Å². The van der Waals surface area contributed by atoms with E-state index in [0.29, 0.717) is 5.46 Å². The molecule has 0 atom stereocenters. The van der Waals surface area contributed by atoms with Gasteiger partial charge in [0.2, 0.25) is 0 Å². The van der Waals surface area contributed by atoms with Crippen LogP contribution in [0.2, 0.25) is 0 Å². The van der Waals surface area contributed by atoms with Gasteiger partial charge in [-0.05, 0) is 23.0 Å². The molecule has 0 aliphatic heterocycles. The first-order valence-corrected chi connectivity index (χ1v) is 6.15. The SMILES string of the molecule is OB(O)c1cccc(Cc2ccccc2)c1Br. The van der Waals surface area contributed by atoms with Gasteiger partial charge >= 0.3 is 7.12 Å². The number of rotatable bonds is 3. The van der Waals surface area contributed by atoms with Gasteiger partial charge in [-0.15, -0.1) is 0 Å². The molecule has 2 nitrogen and oxygen atoms in total. The normalized spacial score (nSPS) is 10.3. The van der Waals surface area contributed by atoms with E-state index in [4.69, 9.17) is 0 Å². The first-order valence-electron chi connectivity index (χ1n) is 5.36. The summed E-state index contributed by atoms with van der Waals surface area (Å²) in [4.78, 5) is 0. The van der Waals surface area contributed by atoms with Crippen LogP contribution >= 0.6 is 15.9 Å². The molecule has 0 heterocycles. The number of benzene rings is 2. The van der Waals surface area contributed by atoms with Crippen molar-refractivity contribution in [2.45, 2.75) is 6.42 Å². The van der Waals surface area contributed by atoms with E-state index in [1.165, 1.54) is 5.56 Å². The highest BCUT2D eigenvalue weighted by atomic mass is 79.9. The van der Waals surface area contributed by atoms with Crippen LogP contribution in [0.25, 0.3) is 0 Å². The summed E-state index contributed by atoms with van der Waals surface area (Å²) in [5.41, 5.74) is 2.73. The lowest BCUT2D eigenvalue weighted by molar-refractivity contribution is 0.425. The van der Waals surface area contributed by atoms with Gasteiger partial charge in [0.05, 0.1) is 0 Å². The second-order valence-corrected chi connectivity index (χ2v) is 4.65. The third-order valence-electron chi connectivity index (χ3n) is 2.62. The van der Waals surface area contributed by atoms with E-state index >= 15 is 0 Å². The Labute approximate surface area is 109 Å². The van der Waals surface area contributed by atoms with Crippen molar-refractivity contribution in [3.63, 3.8) is 0 Å². The van der Waals surface area contributed by atoms with E-state index < -0.39 is 7.12 Å². The second kappa shape index (κ2) is 5.49. The van der Waals surface area contributed by atoms with Crippen LogP contribution in [0.15, 0.2) is 53.0 Å². The molecule has 86 valence electrons. The highest BCUT2D eigenvalue weighted by molar-refractivity contribution is 9.10. The van der Waals surface area contributed by atoms with Crippen molar-refractivity contribution < 1.29 is 10.0 Å². The summed E-state index contributed by atoms with van der Waals surface area (Å²) in [5.74, 6) is 0. The topological polar surface area (TPSA) is 40.5 Å². The lowest BCUT2D eigenvalue weighted by Crippen LogP contribution is -2.31. The molecule has 0 aromatic heterocycles. The molecule has 0 bridgehead atoms. The lowest BCUT2D eigenvalue weighted by Gasteiger charge is -2.09. The summed E-state index contributed by atoms with van der Waals surface area (Å²) in [6, 6.07) is 15.6. The van der Waals surface area contributed by atoms with Gasteiger partial charge in [-0.2, -0.15) is 0 Å². The lowest BCUT2D eigenvalue weighted by atomic mass is 9.79. The number of hydrogen-bond acceptors (Lipinski definition) is 2. The summed E-state index contributed by atoms with van der Waals surface area (Å²) in [7, 11) is -1.44. The molecule has 2 aromatic carbocycles. The van der Waals surface area contributed by atoms with Crippen molar-refractivity contribution in [2.75, 3.05) is 0 Å². The van der Waals surface area contributed by atoms with Crippen LogP contribution in [0.4, 0.5) is 0 Å². The number of halogens is 1. The van der Waals surface area contributed by atoms with Crippen LogP contribution in [0.5, 0.6) is 0 Å². The Hall–Kier alpha value is -1.10. The quantitative estimate of drug-likeness (QED) is 0.845. The van der Waals surface area contributed by atoms with Crippen molar-refractivity contribution in [1.29, 1.82) is 0 Å². The first-order chi connectivity index (χ1) is 8.18. The molecule has 0 amide bonds. The van der Waals surface area contributed by atoms with E-state index in [1.807, 2.05) is 30.3 Å². The van der Waals surface area contributed by atoms with Crippen molar-refractivity contribution in [1.82, 2.24) is 0 Å². The van der Waals surface area contributed by atoms with Gasteiger partial charge in [0.1, 0.15) is 0 Å². The molecule has 0 radical (unpaired) electrons. The maximum absolute atomic E-state index is 9.22. The van der Waals surface area contributed by atoms with Gasteiger partial charge < -0.3 is 10.0 Å². The predicted molar refractivity (Wildman–Crippen MR) is 73.2 cm³/mol. The van der Waals surface area contributed by atoms with E-state index in [0.717, 1.165) is 16.5 Å². The molecule has 0 unspecified atom stereocenters. The molecule has 0 saturated carbocycles. The third kappa shape index (κ3) is 2.97. The Kier molecular flexibility index (Phi) is 4.00. The van der Waals surface area contributed by atoms with Crippen molar-refractivity contribution >= 4 is 28.5 Å². The monoisotopic (exact) mass is 290 g/mol. The maximum atomic E-state index is 9.22. The summed E-state index contributed by atoms with van der Waals surface area (Å²) >= 11 is 3.42. The zero-order valence-electron chi connectivity index (χ0n) is 9.18. The van der Waals surface area contributed by atoms with Crippen LogP contribution in [-0.4, -0.2) is 17.2 Å². The minimum atomic E-state index is -1.44. The fourth-order valence-corrected chi connectivity index (χ4v) is 2.36. The molecule has 2 aromatic rings. The van der Waals surface area contributed by atoms with Crippen LogP contribution in [0.3, 0.4) is 0 Å². The molecule has 17 heavy (non-hydrogen) atoms. The number of hydrogen-bond donors (Lipinski definition) is 2. The second-order valence-electron chi connectivity index (χ2n) is 3.86. The van der Waals surface area contributed by atoms with Gasteiger partial charge in [-0.1, -0.05) is 64.5 Å². The van der Waals surface area contributed by atoms with E-state index in [9.17, 15) is 10.0 Å². The average molecular weight is 291 g/mol. The van der Waals surface area contributed by atoms with E-state index in [1.54, 1.807) is 6.07 Å². The highest BCUT2D eigenvalue weighted by Gasteiger charge is 2.16. The predicted octanol–water partition coefficient (Wildman–Crippen LogP) is 1.72. The Bertz CT molecular complexity index is 500. The molecule has 2 N–H and O–H groups in total. The standard InChI is InChI=1S/C13H12BBrO2/c15-13-11(7-4-8-12(13)14(16)17)9-10-5-2-1-3-6-10/h1-8,16-17H,9H2. The minimum absolute atomic E-state index is 0.499. The summed E-state index contributed by atoms with van der Waals surface area (Å²) in [6.07, 6.45) is 0.766. The molecule has 0 saturated heterocycles. The molecule has 0 aliphatic rings. The molecule has 0 aliphatic carbocycles. The summed E-state index contributed by atoms with van der Waals surface area (Å²) in [5, 5.41) is 18.4. The fourth-order valence-electron chi connectivity index (χ4n) is 1.75. The molecule has 0 fully saturated rings. The Morgan fingerprint density at radius 3 is 2.29 bits per heavy atom. The molecular formula is C13H12BBrO2. The van der Waals surface area contributed by atoms with Gasteiger partial charge in [-0.25, -0.2) is 0 Å². The maximum Gasteiger partial charge on any atom is 0.489 e. The Morgan fingerprint density at radius 2 is 1.65 bits per heavy atom. The molecule has 4 heteroatoms. The molecule has 2 rings (SSSR count). The minimum Gasteiger partial charge on any atom is -0.423 e. The summed E-state index contributed by atoms with van der Waals surface area (Å²) < 4.78 is 0.763. The zero-order chi connectivity index (χ0) is 12.3. The Balaban J connectivity index is 2.31. The van der Waals surface area contributed by atoms with Crippen molar-refractivity contribution in [3.05, 3.63) is 64.1 Å². The average Bonchev–Trinajstić information content (AvgIpc) is 2.33. The van der Waals surface area contributed by atoms with Crippen LogP contribution in [-0.2, 0) is 6.42 Å². The fraction of sp³-hybridized carbons (Fsp3) is 0.0769. The van der Waals surface area contributed by atoms with Crippen molar-refractivity contribution in [3.8, 4) is 0 Å². The van der Waals surface area contributed by atoms with Gasteiger partial charge in [0, 0.05) is 4.47 Å². The van der Waals surface area contributed by atoms with E-state index in [2.05, 4.69) is 28.1 Å². The molecule has 0 spiro atoms. The van der Waals surface area contributed by atoms with Gasteiger partial charge in [0.15, 0.2) is 0 Å². The smallest absolute Gasteiger partial charge is 0.423 e. The first kappa shape index (κ1) is 12.4. The summed E-state index contributed by atoms with van der Waals surface area (Å²) in [6.45, 7) is 0. The Morgan fingerprint density at radius 1 is 0.941 bits per heavy atom. The van der Waals surface area contributed by atoms with Gasteiger partial charge in [0.25, 0.3) is 0 Å². The van der Waals surface area contributed by atoms with Crippen LogP contribution in [0.1, 0.15) is 11.1 Å². The third-order valence-corrected chi connectivity index (χ3v) is 3.59. The van der Waals surface area contributed by atoms with Crippen LogP contribution in [0, 0.1) is 0 Å². The molecular weight excluding hydrogens is 279 g/mol. The van der Waals surface area contributed by atoms with Crippen LogP contribution < -0.4 is 5.46 Å². The van der Waals surface area contributed by atoms with Gasteiger partial charge in [-0.3, -0.25) is 0 Å². The zero-order valence-corrected chi connectivity index (χ0v) is 10.8.